The summed E-state index contributed by atoms with van der Waals surface area (Å²) in [6.45, 7) is 4.80. The maximum atomic E-state index is 6.11. The molecular formula is C14H28N2. The van der Waals surface area contributed by atoms with Gasteiger partial charge in [-0.2, -0.15) is 0 Å². The highest BCUT2D eigenvalue weighted by molar-refractivity contribution is 4.85. The van der Waals surface area contributed by atoms with Crippen molar-refractivity contribution in [3.63, 3.8) is 0 Å². The van der Waals surface area contributed by atoms with E-state index in [-0.39, 0.29) is 0 Å². The Hall–Kier alpha value is -0.0800. The molecule has 0 bridgehead atoms. The van der Waals surface area contributed by atoms with Gasteiger partial charge in [0.2, 0.25) is 0 Å². The lowest BCUT2D eigenvalue weighted by molar-refractivity contribution is 0.0857. The average molecular weight is 224 g/mol. The third-order valence-corrected chi connectivity index (χ3v) is 4.57. The summed E-state index contributed by atoms with van der Waals surface area (Å²) in [6, 6.07) is 1.26. The fourth-order valence-electron chi connectivity index (χ4n) is 3.75. The Morgan fingerprint density at radius 1 is 1.12 bits per heavy atom. The maximum Gasteiger partial charge on any atom is 0.0168 e. The highest BCUT2D eigenvalue weighted by atomic mass is 15.2. The molecule has 1 aliphatic carbocycles. The van der Waals surface area contributed by atoms with E-state index in [0.717, 1.165) is 18.5 Å². The van der Waals surface area contributed by atoms with Crippen LogP contribution in [0.1, 0.15) is 58.3 Å². The van der Waals surface area contributed by atoms with Crippen LogP contribution in [-0.2, 0) is 0 Å². The Morgan fingerprint density at radius 2 is 1.88 bits per heavy atom. The van der Waals surface area contributed by atoms with Crippen LogP contribution >= 0.6 is 0 Å². The summed E-state index contributed by atoms with van der Waals surface area (Å²) in [5, 5.41) is 0. The number of likely N-dealkylation sites (tertiary alicyclic amines) is 1. The zero-order valence-electron chi connectivity index (χ0n) is 10.8. The van der Waals surface area contributed by atoms with E-state index in [0.29, 0.717) is 6.04 Å². The van der Waals surface area contributed by atoms with Gasteiger partial charge in [0.05, 0.1) is 0 Å². The number of piperidine rings is 1. The van der Waals surface area contributed by atoms with Crippen LogP contribution in [0.15, 0.2) is 0 Å². The van der Waals surface area contributed by atoms with Crippen LogP contribution in [-0.4, -0.2) is 30.1 Å². The largest absolute Gasteiger partial charge is 0.327 e. The van der Waals surface area contributed by atoms with Gasteiger partial charge in [-0.3, -0.25) is 4.90 Å². The molecule has 0 aromatic carbocycles. The molecule has 2 N–H and O–H groups in total. The lowest BCUT2D eigenvalue weighted by Gasteiger charge is -2.42. The second-order valence-corrected chi connectivity index (χ2v) is 5.77. The van der Waals surface area contributed by atoms with E-state index < -0.39 is 0 Å². The molecule has 2 unspecified atom stereocenters. The van der Waals surface area contributed by atoms with E-state index in [2.05, 4.69) is 11.8 Å². The van der Waals surface area contributed by atoms with Gasteiger partial charge in [-0.1, -0.05) is 26.2 Å². The van der Waals surface area contributed by atoms with Crippen LogP contribution in [0.3, 0.4) is 0 Å². The average Bonchev–Trinajstić information content (AvgIpc) is 2.31. The first-order valence-corrected chi connectivity index (χ1v) is 7.31. The number of hydrogen-bond acceptors (Lipinski definition) is 2. The Balaban J connectivity index is 1.91. The molecule has 0 aromatic rings. The fraction of sp³-hybridized carbons (Fsp3) is 1.00. The van der Waals surface area contributed by atoms with Crippen LogP contribution in [0.4, 0.5) is 0 Å². The topological polar surface area (TPSA) is 29.3 Å². The highest BCUT2D eigenvalue weighted by Crippen LogP contribution is 2.31. The summed E-state index contributed by atoms with van der Waals surface area (Å²) in [4.78, 5) is 2.70. The Kier molecular flexibility index (Phi) is 4.66. The van der Waals surface area contributed by atoms with Crippen LogP contribution in [0, 0.1) is 5.92 Å². The molecule has 94 valence electrons. The molecule has 2 nitrogen and oxygen atoms in total. The van der Waals surface area contributed by atoms with Gasteiger partial charge in [0.1, 0.15) is 0 Å². The predicted molar refractivity (Wildman–Crippen MR) is 69.4 cm³/mol. The molecular weight excluding hydrogens is 196 g/mol. The third-order valence-electron chi connectivity index (χ3n) is 4.57. The maximum absolute atomic E-state index is 6.11. The first kappa shape index (κ1) is 12.4. The van der Waals surface area contributed by atoms with Gasteiger partial charge in [0, 0.05) is 18.6 Å². The molecule has 1 aliphatic heterocycles. The molecule has 2 heteroatoms. The number of hydrogen-bond donors (Lipinski definition) is 1. The first-order valence-electron chi connectivity index (χ1n) is 7.31. The Labute approximate surface area is 101 Å². The standard InChI is InChI=1S/C14H28N2/c1-2-14(12-7-4-3-5-8-12)16-10-6-9-13(15)11-16/h12-14H,2-11,15H2,1H3. The van der Waals surface area contributed by atoms with Gasteiger partial charge >= 0.3 is 0 Å². The highest BCUT2D eigenvalue weighted by Gasteiger charge is 2.29. The van der Waals surface area contributed by atoms with Crippen LogP contribution in [0.5, 0.6) is 0 Å². The normalized spacial score (nSPS) is 31.5. The molecule has 2 rings (SSSR count). The van der Waals surface area contributed by atoms with Gasteiger partial charge in [-0.25, -0.2) is 0 Å². The van der Waals surface area contributed by atoms with Gasteiger partial charge in [0.25, 0.3) is 0 Å². The van der Waals surface area contributed by atoms with Crippen molar-refractivity contribution in [3.05, 3.63) is 0 Å². The summed E-state index contributed by atoms with van der Waals surface area (Å²) in [5.74, 6) is 0.962. The summed E-state index contributed by atoms with van der Waals surface area (Å²) < 4.78 is 0. The van der Waals surface area contributed by atoms with Crippen molar-refractivity contribution in [1.29, 1.82) is 0 Å². The number of rotatable bonds is 3. The van der Waals surface area contributed by atoms with Crippen molar-refractivity contribution < 1.29 is 0 Å². The molecule has 2 atom stereocenters. The quantitative estimate of drug-likeness (QED) is 0.798. The van der Waals surface area contributed by atoms with Crippen LogP contribution in [0.2, 0.25) is 0 Å². The van der Waals surface area contributed by atoms with Crippen LogP contribution in [0.25, 0.3) is 0 Å². The van der Waals surface area contributed by atoms with Gasteiger partial charge < -0.3 is 5.73 Å². The summed E-state index contributed by atoms with van der Waals surface area (Å²) in [7, 11) is 0. The summed E-state index contributed by atoms with van der Waals surface area (Å²) in [6.07, 6.45) is 11.2. The van der Waals surface area contributed by atoms with Crippen LogP contribution < -0.4 is 5.73 Å². The molecule has 16 heavy (non-hydrogen) atoms. The van der Waals surface area contributed by atoms with Gasteiger partial charge in [0.15, 0.2) is 0 Å². The van der Waals surface area contributed by atoms with E-state index in [1.54, 1.807) is 0 Å². The lowest BCUT2D eigenvalue weighted by Crippen LogP contribution is -2.50. The van der Waals surface area contributed by atoms with E-state index in [1.165, 1.54) is 57.9 Å². The molecule has 1 saturated carbocycles. The molecule has 0 spiro atoms. The van der Waals surface area contributed by atoms with Crippen molar-refractivity contribution in [1.82, 2.24) is 4.90 Å². The van der Waals surface area contributed by atoms with E-state index in [9.17, 15) is 0 Å². The second kappa shape index (κ2) is 6.02. The zero-order valence-corrected chi connectivity index (χ0v) is 10.8. The smallest absolute Gasteiger partial charge is 0.0168 e. The van der Waals surface area contributed by atoms with Crippen molar-refractivity contribution in [2.45, 2.75) is 70.4 Å². The van der Waals surface area contributed by atoms with Crippen molar-refractivity contribution in [2.24, 2.45) is 11.7 Å². The zero-order chi connectivity index (χ0) is 11.4. The predicted octanol–water partition coefficient (Wildman–Crippen LogP) is 2.77. The molecule has 2 aliphatic rings. The third kappa shape index (κ3) is 2.98. The molecule has 1 heterocycles. The van der Waals surface area contributed by atoms with E-state index in [1.807, 2.05) is 0 Å². The van der Waals surface area contributed by atoms with Crippen molar-refractivity contribution >= 4 is 0 Å². The second-order valence-electron chi connectivity index (χ2n) is 5.77. The van der Waals surface area contributed by atoms with Gasteiger partial charge in [-0.15, -0.1) is 0 Å². The lowest BCUT2D eigenvalue weighted by atomic mass is 9.81. The Morgan fingerprint density at radius 3 is 2.50 bits per heavy atom. The first-order chi connectivity index (χ1) is 7.81. The minimum Gasteiger partial charge on any atom is -0.327 e. The molecule has 0 amide bonds. The van der Waals surface area contributed by atoms with E-state index in [4.69, 9.17) is 5.73 Å². The SMILES string of the molecule is CCC(C1CCCCC1)N1CCCC(N)C1. The molecule has 2 fully saturated rings. The minimum atomic E-state index is 0.436. The van der Waals surface area contributed by atoms with Gasteiger partial charge in [-0.05, 0) is 44.6 Å². The van der Waals surface area contributed by atoms with Crippen molar-refractivity contribution in [3.8, 4) is 0 Å². The molecule has 0 radical (unpaired) electrons. The molecule has 0 aromatic heterocycles. The number of nitrogens with zero attached hydrogens (tertiary/aromatic N) is 1. The monoisotopic (exact) mass is 224 g/mol. The molecule has 1 saturated heterocycles. The summed E-state index contributed by atoms with van der Waals surface area (Å²) in [5.41, 5.74) is 6.11. The summed E-state index contributed by atoms with van der Waals surface area (Å²) >= 11 is 0. The minimum absolute atomic E-state index is 0.436. The van der Waals surface area contributed by atoms with E-state index >= 15 is 0 Å². The number of nitrogens with two attached hydrogens (primary N) is 1. The fourth-order valence-corrected chi connectivity index (χ4v) is 3.75. The van der Waals surface area contributed by atoms with Crippen molar-refractivity contribution in [2.75, 3.05) is 13.1 Å². The Bertz CT molecular complexity index is 199.